The zero-order chi connectivity index (χ0) is 22.4. The summed E-state index contributed by atoms with van der Waals surface area (Å²) in [6, 6.07) is 7.05. The minimum atomic E-state index is -1.74. The van der Waals surface area contributed by atoms with Gasteiger partial charge in [-0.15, -0.1) is 0 Å². The molecular weight excluding hydrogens is 412 g/mol. The van der Waals surface area contributed by atoms with Gasteiger partial charge in [0.15, 0.2) is 17.3 Å². The van der Waals surface area contributed by atoms with Crippen molar-refractivity contribution >= 4 is 5.78 Å². The lowest BCUT2D eigenvalue weighted by Crippen LogP contribution is -2.55. The average Bonchev–Trinajstić information content (AvgIpc) is 2.75. The standard InChI is InChI=1S/C21H22O10/c22-6-13-16(26)18(28)19(29)21(31-13)14-12(24)5-10-15(25)11(7-30-20(10)17(14)27)8-1-3-9(23)4-2-8/h1-5,11,13,16,18-19,21-24,26-29H,6-7H2/t11-,13-,16+,18+,19-,21+/m1/s1. The van der Waals surface area contributed by atoms with Gasteiger partial charge in [0, 0.05) is 0 Å². The molecule has 0 unspecified atom stereocenters. The fourth-order valence-electron chi connectivity index (χ4n) is 3.99. The van der Waals surface area contributed by atoms with Gasteiger partial charge in [0.05, 0.1) is 23.7 Å². The van der Waals surface area contributed by atoms with Crippen LogP contribution in [0.3, 0.4) is 0 Å². The summed E-state index contributed by atoms with van der Waals surface area (Å²) < 4.78 is 11.0. The van der Waals surface area contributed by atoms with Crippen molar-refractivity contribution in [2.24, 2.45) is 0 Å². The maximum atomic E-state index is 13.0. The summed E-state index contributed by atoms with van der Waals surface area (Å²) in [6.45, 7) is -0.805. The van der Waals surface area contributed by atoms with Crippen molar-refractivity contribution in [3.63, 3.8) is 0 Å². The molecule has 6 atom stereocenters. The number of Topliss-reactive ketones (excluding diaryl/α,β-unsaturated/α-hetero) is 1. The molecule has 2 aliphatic rings. The molecule has 2 aromatic rings. The van der Waals surface area contributed by atoms with Crippen molar-refractivity contribution in [2.75, 3.05) is 13.2 Å². The number of ether oxygens (including phenoxy) is 2. The number of aromatic hydroxyl groups is 3. The van der Waals surface area contributed by atoms with Crippen LogP contribution in [0.15, 0.2) is 30.3 Å². The van der Waals surface area contributed by atoms with Gasteiger partial charge in [-0.05, 0) is 23.8 Å². The zero-order valence-electron chi connectivity index (χ0n) is 16.1. The Balaban J connectivity index is 1.72. The van der Waals surface area contributed by atoms with Crippen LogP contribution in [-0.2, 0) is 4.74 Å². The summed E-state index contributed by atoms with van der Waals surface area (Å²) in [5, 5.41) is 70.4. The highest BCUT2D eigenvalue weighted by atomic mass is 16.5. The molecule has 10 nitrogen and oxygen atoms in total. The Labute approximate surface area is 176 Å². The molecule has 7 N–H and O–H groups in total. The Bertz CT molecular complexity index is 987. The molecule has 10 heteroatoms. The largest absolute Gasteiger partial charge is 0.508 e. The maximum absolute atomic E-state index is 13.0. The van der Waals surface area contributed by atoms with Crippen LogP contribution in [0.5, 0.6) is 23.0 Å². The summed E-state index contributed by atoms with van der Waals surface area (Å²) in [5.41, 5.74) is 0.143. The fourth-order valence-corrected chi connectivity index (χ4v) is 3.99. The van der Waals surface area contributed by atoms with Gasteiger partial charge in [-0.25, -0.2) is 0 Å². The van der Waals surface area contributed by atoms with Crippen molar-refractivity contribution in [3.05, 3.63) is 47.0 Å². The number of aliphatic hydroxyl groups is 4. The number of carbonyl (C=O) groups is 1. The summed E-state index contributed by atoms with van der Waals surface area (Å²) in [4.78, 5) is 13.0. The Morgan fingerprint density at radius 2 is 1.65 bits per heavy atom. The van der Waals surface area contributed by atoms with Gasteiger partial charge in [0.1, 0.15) is 48.6 Å². The van der Waals surface area contributed by atoms with E-state index >= 15 is 0 Å². The minimum Gasteiger partial charge on any atom is -0.508 e. The van der Waals surface area contributed by atoms with Gasteiger partial charge < -0.3 is 45.2 Å². The van der Waals surface area contributed by atoms with E-state index in [0.29, 0.717) is 5.56 Å². The van der Waals surface area contributed by atoms with E-state index in [1.807, 2.05) is 0 Å². The lowest BCUT2D eigenvalue weighted by Gasteiger charge is -2.40. The first kappa shape index (κ1) is 21.3. The number of ketones is 1. The maximum Gasteiger partial charge on any atom is 0.177 e. The number of aliphatic hydroxyl groups excluding tert-OH is 4. The van der Waals surface area contributed by atoms with E-state index in [4.69, 9.17) is 9.47 Å². The molecule has 4 rings (SSSR count). The molecule has 2 heterocycles. The molecule has 166 valence electrons. The predicted molar refractivity (Wildman–Crippen MR) is 103 cm³/mol. The van der Waals surface area contributed by atoms with Crippen molar-refractivity contribution in [3.8, 4) is 23.0 Å². The van der Waals surface area contributed by atoms with Crippen LogP contribution in [-0.4, -0.2) is 79.2 Å². The summed E-state index contributed by atoms with van der Waals surface area (Å²) in [7, 11) is 0. The highest BCUT2D eigenvalue weighted by Crippen LogP contribution is 2.49. The van der Waals surface area contributed by atoms with Crippen LogP contribution in [0.25, 0.3) is 0 Å². The number of benzene rings is 2. The molecule has 31 heavy (non-hydrogen) atoms. The van der Waals surface area contributed by atoms with Crippen LogP contribution >= 0.6 is 0 Å². The Morgan fingerprint density at radius 1 is 0.968 bits per heavy atom. The topological polar surface area (TPSA) is 177 Å². The third kappa shape index (κ3) is 3.48. The summed E-state index contributed by atoms with van der Waals surface area (Å²) in [6.07, 6.45) is -7.82. The van der Waals surface area contributed by atoms with Crippen molar-refractivity contribution in [2.45, 2.75) is 36.4 Å². The smallest absolute Gasteiger partial charge is 0.177 e. The molecule has 0 aromatic heterocycles. The predicted octanol–water partition coefficient (Wildman–Crippen LogP) is -0.323. The summed E-state index contributed by atoms with van der Waals surface area (Å²) >= 11 is 0. The Kier molecular flexibility index (Phi) is 5.50. The van der Waals surface area contributed by atoms with E-state index in [0.717, 1.165) is 6.07 Å². The molecule has 0 saturated carbocycles. The number of hydrogen-bond acceptors (Lipinski definition) is 10. The molecule has 2 aromatic carbocycles. The van der Waals surface area contributed by atoms with E-state index < -0.39 is 60.3 Å². The van der Waals surface area contributed by atoms with Crippen LogP contribution in [0, 0.1) is 0 Å². The van der Waals surface area contributed by atoms with Crippen LogP contribution in [0.4, 0.5) is 0 Å². The fraction of sp³-hybridized carbons (Fsp3) is 0.381. The number of carbonyl (C=O) groups excluding carboxylic acids is 1. The quantitative estimate of drug-likeness (QED) is 0.339. The van der Waals surface area contributed by atoms with Crippen LogP contribution in [0.1, 0.15) is 33.5 Å². The first-order valence-electron chi connectivity index (χ1n) is 9.59. The van der Waals surface area contributed by atoms with Crippen molar-refractivity contribution in [1.82, 2.24) is 0 Å². The second kappa shape index (κ2) is 7.98. The molecule has 0 radical (unpaired) electrons. The monoisotopic (exact) mass is 434 g/mol. The van der Waals surface area contributed by atoms with E-state index in [9.17, 15) is 40.5 Å². The third-order valence-corrected chi connectivity index (χ3v) is 5.72. The molecule has 0 spiro atoms. The lowest BCUT2D eigenvalue weighted by atomic mass is 9.85. The van der Waals surface area contributed by atoms with E-state index in [2.05, 4.69) is 0 Å². The first-order valence-corrected chi connectivity index (χ1v) is 9.59. The minimum absolute atomic E-state index is 0.0350. The molecule has 0 amide bonds. The second-order valence-corrected chi connectivity index (χ2v) is 7.60. The highest BCUT2D eigenvalue weighted by molar-refractivity contribution is 6.05. The van der Waals surface area contributed by atoms with Crippen molar-refractivity contribution in [1.29, 1.82) is 0 Å². The van der Waals surface area contributed by atoms with Gasteiger partial charge in [-0.1, -0.05) is 12.1 Å². The van der Waals surface area contributed by atoms with Gasteiger partial charge >= 0.3 is 0 Å². The van der Waals surface area contributed by atoms with Crippen LogP contribution in [0.2, 0.25) is 0 Å². The van der Waals surface area contributed by atoms with Gasteiger partial charge in [0.2, 0.25) is 0 Å². The van der Waals surface area contributed by atoms with Crippen molar-refractivity contribution < 1.29 is 50.0 Å². The summed E-state index contributed by atoms with van der Waals surface area (Å²) in [5.74, 6) is -2.60. The third-order valence-electron chi connectivity index (χ3n) is 5.72. The molecule has 0 bridgehead atoms. The van der Waals surface area contributed by atoms with Gasteiger partial charge in [0.25, 0.3) is 0 Å². The highest BCUT2D eigenvalue weighted by Gasteiger charge is 2.47. The first-order chi connectivity index (χ1) is 14.7. The Morgan fingerprint density at radius 3 is 2.29 bits per heavy atom. The number of fused-ring (bicyclic) bond motifs is 1. The lowest BCUT2D eigenvalue weighted by molar-refractivity contribution is -0.232. The molecule has 0 aliphatic carbocycles. The molecular formula is C21H22O10. The van der Waals surface area contributed by atoms with Gasteiger partial charge in [-0.3, -0.25) is 4.79 Å². The number of phenols is 3. The van der Waals surface area contributed by atoms with E-state index in [1.54, 1.807) is 12.1 Å². The SMILES string of the molecule is O=C1c2cc(O)c([C@@H]3O[C@H](CO)[C@H](O)[C@H](O)[C@H]3O)c(O)c2OC[C@@H]1c1ccc(O)cc1. The average molecular weight is 434 g/mol. The molecule has 2 aliphatic heterocycles. The van der Waals surface area contributed by atoms with Crippen LogP contribution < -0.4 is 4.74 Å². The normalized spacial score (nSPS) is 30.5. The number of rotatable bonds is 3. The zero-order valence-corrected chi connectivity index (χ0v) is 16.1. The number of phenolic OH excluding ortho intramolecular Hbond substituents is 3. The Hall–Kier alpha value is -2.89. The van der Waals surface area contributed by atoms with E-state index in [1.165, 1.54) is 12.1 Å². The number of hydrogen-bond donors (Lipinski definition) is 7. The molecule has 1 fully saturated rings. The van der Waals surface area contributed by atoms with Gasteiger partial charge in [-0.2, -0.15) is 0 Å². The second-order valence-electron chi connectivity index (χ2n) is 7.60. The molecule has 1 saturated heterocycles. The van der Waals surface area contributed by atoms with E-state index in [-0.39, 0.29) is 29.2 Å².